The Morgan fingerprint density at radius 3 is 2.50 bits per heavy atom. The third-order valence-corrected chi connectivity index (χ3v) is 3.55. The molecule has 0 saturated carbocycles. The van der Waals surface area contributed by atoms with E-state index in [2.05, 4.69) is 10.3 Å². The quantitative estimate of drug-likeness (QED) is 0.832. The van der Waals surface area contributed by atoms with Gasteiger partial charge in [-0.3, -0.25) is 10.1 Å². The highest BCUT2D eigenvalue weighted by Gasteiger charge is 2.31. The molecule has 1 atom stereocenters. The van der Waals surface area contributed by atoms with Gasteiger partial charge in [0.15, 0.2) is 0 Å². The molecule has 2 aromatic carbocycles. The molecule has 0 radical (unpaired) electrons. The van der Waals surface area contributed by atoms with Crippen molar-refractivity contribution in [2.75, 3.05) is 6.54 Å². The van der Waals surface area contributed by atoms with Gasteiger partial charge in [-0.05, 0) is 11.1 Å². The molecule has 3 rings (SSSR count). The number of amides is 1. The van der Waals surface area contributed by atoms with Gasteiger partial charge in [0, 0.05) is 11.8 Å². The van der Waals surface area contributed by atoms with Gasteiger partial charge in [0.05, 0.1) is 6.54 Å². The number of aliphatic imine (C=N–C) groups is 1. The summed E-state index contributed by atoms with van der Waals surface area (Å²) in [4.78, 5) is 16.2. The Morgan fingerprint density at radius 1 is 1.08 bits per heavy atom. The van der Waals surface area contributed by atoms with Crippen molar-refractivity contribution in [1.82, 2.24) is 5.32 Å². The van der Waals surface area contributed by atoms with Gasteiger partial charge in [-0.2, -0.15) is 0 Å². The van der Waals surface area contributed by atoms with Gasteiger partial charge in [0.2, 0.25) is 6.10 Å². The van der Waals surface area contributed by atoms with E-state index >= 15 is 0 Å². The van der Waals surface area contributed by atoms with Crippen LogP contribution in [-0.4, -0.2) is 24.7 Å². The normalized spacial score (nSPS) is 18.6. The van der Waals surface area contributed by atoms with Gasteiger partial charge in [-0.25, -0.2) is 4.99 Å². The first kappa shape index (κ1) is 15.7. The number of carbonyl (C=O) groups excluding carboxylic acids is 1. The Balaban J connectivity index is 1.58. The fourth-order valence-electron chi connectivity index (χ4n) is 2.32. The van der Waals surface area contributed by atoms with E-state index in [0.29, 0.717) is 6.54 Å². The van der Waals surface area contributed by atoms with Crippen LogP contribution in [0.4, 0.5) is 0 Å². The van der Waals surface area contributed by atoms with Gasteiger partial charge >= 0.3 is 0 Å². The minimum atomic E-state index is -0.636. The maximum Gasteiger partial charge on any atom is 0.292 e. The molecule has 5 heteroatoms. The van der Waals surface area contributed by atoms with Crippen LogP contribution in [0.25, 0.3) is 6.08 Å². The van der Waals surface area contributed by atoms with Crippen molar-refractivity contribution in [2.24, 2.45) is 4.99 Å². The maximum atomic E-state index is 11.9. The Kier molecular flexibility index (Phi) is 4.81. The molecule has 0 spiro atoms. The lowest BCUT2D eigenvalue weighted by molar-refractivity contribution is -0.123. The predicted octanol–water partition coefficient (Wildman–Crippen LogP) is 2.94. The standard InChI is InChI=1S/C19H17N3O2/c20-13-15-10-8-14(9-11-15)5-4-12-21-19-22-18(23)17(24-19)16-6-2-1-3-7-16/h1-11,13,17,20H,12H2,(H,21,22,23)/b5-4+,20-13?. The molecule has 5 nitrogen and oxygen atoms in total. The molecular weight excluding hydrogens is 302 g/mol. The fraction of sp³-hybridized carbons (Fsp3) is 0.105. The number of amidine groups is 1. The van der Waals surface area contributed by atoms with Crippen LogP contribution in [0.3, 0.4) is 0 Å². The zero-order chi connectivity index (χ0) is 16.8. The second kappa shape index (κ2) is 7.37. The first-order chi connectivity index (χ1) is 11.8. The molecule has 2 N–H and O–H groups in total. The number of benzene rings is 2. The van der Waals surface area contributed by atoms with E-state index in [1.165, 1.54) is 6.21 Å². The first-order valence-electron chi connectivity index (χ1n) is 7.60. The van der Waals surface area contributed by atoms with E-state index in [0.717, 1.165) is 16.7 Å². The third kappa shape index (κ3) is 3.76. The summed E-state index contributed by atoms with van der Waals surface area (Å²) in [5.74, 6) is -0.203. The van der Waals surface area contributed by atoms with Crippen molar-refractivity contribution in [3.63, 3.8) is 0 Å². The Hall–Kier alpha value is -3.21. The first-order valence-corrected chi connectivity index (χ1v) is 7.60. The van der Waals surface area contributed by atoms with Crippen LogP contribution in [-0.2, 0) is 9.53 Å². The van der Waals surface area contributed by atoms with E-state index in [9.17, 15) is 4.79 Å². The van der Waals surface area contributed by atoms with E-state index in [1.54, 1.807) is 0 Å². The van der Waals surface area contributed by atoms with Gasteiger partial charge in [-0.1, -0.05) is 66.7 Å². The lowest BCUT2D eigenvalue weighted by atomic mass is 10.1. The van der Waals surface area contributed by atoms with Crippen molar-refractivity contribution in [3.8, 4) is 0 Å². The van der Waals surface area contributed by atoms with Crippen LogP contribution in [0.2, 0.25) is 0 Å². The van der Waals surface area contributed by atoms with E-state index in [4.69, 9.17) is 10.1 Å². The lowest BCUT2D eigenvalue weighted by Crippen LogP contribution is -2.22. The number of nitrogens with one attached hydrogen (secondary N) is 2. The summed E-state index contributed by atoms with van der Waals surface area (Å²) in [5.41, 5.74) is 2.70. The predicted molar refractivity (Wildman–Crippen MR) is 94.1 cm³/mol. The monoisotopic (exact) mass is 319 g/mol. The average molecular weight is 319 g/mol. The Morgan fingerprint density at radius 2 is 1.79 bits per heavy atom. The van der Waals surface area contributed by atoms with Crippen LogP contribution in [0.1, 0.15) is 22.8 Å². The van der Waals surface area contributed by atoms with Crippen molar-refractivity contribution in [3.05, 3.63) is 77.4 Å². The molecule has 1 heterocycles. The summed E-state index contributed by atoms with van der Waals surface area (Å²) >= 11 is 0. The summed E-state index contributed by atoms with van der Waals surface area (Å²) < 4.78 is 5.57. The Labute approximate surface area is 140 Å². The minimum absolute atomic E-state index is 0.203. The molecule has 0 bridgehead atoms. The summed E-state index contributed by atoms with van der Waals surface area (Å²) in [7, 11) is 0. The van der Waals surface area contributed by atoms with Crippen molar-refractivity contribution in [1.29, 1.82) is 5.41 Å². The number of nitrogens with zero attached hydrogens (tertiary/aromatic N) is 1. The van der Waals surface area contributed by atoms with Gasteiger partial charge in [-0.15, -0.1) is 0 Å². The van der Waals surface area contributed by atoms with E-state index in [-0.39, 0.29) is 11.9 Å². The lowest BCUT2D eigenvalue weighted by Gasteiger charge is -2.06. The molecule has 1 aliphatic rings. The molecule has 1 fully saturated rings. The molecule has 1 aliphatic heterocycles. The van der Waals surface area contributed by atoms with Crippen LogP contribution >= 0.6 is 0 Å². The number of hydrogen-bond acceptors (Lipinski definition) is 4. The highest BCUT2D eigenvalue weighted by molar-refractivity contribution is 6.02. The summed E-state index contributed by atoms with van der Waals surface area (Å²) in [6.45, 7) is 0.406. The highest BCUT2D eigenvalue weighted by atomic mass is 16.5. The van der Waals surface area contributed by atoms with E-state index in [1.807, 2.05) is 66.7 Å². The zero-order valence-electron chi connectivity index (χ0n) is 13.0. The molecule has 2 aromatic rings. The molecule has 24 heavy (non-hydrogen) atoms. The number of hydrogen-bond donors (Lipinski definition) is 2. The highest BCUT2D eigenvalue weighted by Crippen LogP contribution is 2.21. The second-order valence-corrected chi connectivity index (χ2v) is 5.26. The van der Waals surface area contributed by atoms with Crippen LogP contribution in [0.5, 0.6) is 0 Å². The number of rotatable bonds is 5. The molecule has 1 saturated heterocycles. The Bertz CT molecular complexity index is 780. The topological polar surface area (TPSA) is 74.5 Å². The molecule has 0 aromatic heterocycles. The molecule has 0 aliphatic carbocycles. The smallest absolute Gasteiger partial charge is 0.292 e. The third-order valence-electron chi connectivity index (χ3n) is 3.55. The SMILES string of the molecule is N=Cc1ccc(/C=C/CN=C2NC(=O)C(c3ccccc3)O2)cc1. The molecule has 120 valence electrons. The van der Waals surface area contributed by atoms with Crippen molar-refractivity contribution < 1.29 is 9.53 Å². The van der Waals surface area contributed by atoms with Gasteiger partial charge in [0.25, 0.3) is 11.9 Å². The zero-order valence-corrected chi connectivity index (χ0v) is 13.0. The summed E-state index contributed by atoms with van der Waals surface area (Å²) in [6, 6.07) is 17.2. The number of carbonyl (C=O) groups is 1. The minimum Gasteiger partial charge on any atom is -0.447 e. The average Bonchev–Trinajstić information content (AvgIpc) is 3.01. The largest absolute Gasteiger partial charge is 0.447 e. The maximum absolute atomic E-state index is 11.9. The van der Waals surface area contributed by atoms with Crippen LogP contribution in [0.15, 0.2) is 65.7 Å². The second-order valence-electron chi connectivity index (χ2n) is 5.26. The van der Waals surface area contributed by atoms with Crippen LogP contribution in [0, 0.1) is 5.41 Å². The molecule has 1 amide bonds. The molecular formula is C19H17N3O2. The van der Waals surface area contributed by atoms with E-state index < -0.39 is 6.10 Å². The molecule has 1 unspecified atom stereocenters. The summed E-state index contributed by atoms with van der Waals surface area (Å²) in [6.07, 6.45) is 4.49. The van der Waals surface area contributed by atoms with Gasteiger partial charge < -0.3 is 10.1 Å². The summed E-state index contributed by atoms with van der Waals surface area (Å²) in [5, 5.41) is 9.81. The van der Waals surface area contributed by atoms with Crippen molar-refractivity contribution >= 4 is 24.2 Å². The fourth-order valence-corrected chi connectivity index (χ4v) is 2.32. The van der Waals surface area contributed by atoms with Crippen LogP contribution < -0.4 is 5.32 Å². The number of ether oxygens (including phenoxy) is 1. The van der Waals surface area contributed by atoms with Crippen molar-refractivity contribution in [2.45, 2.75) is 6.10 Å². The van der Waals surface area contributed by atoms with Gasteiger partial charge in [0.1, 0.15) is 0 Å².